The van der Waals surface area contributed by atoms with E-state index in [0.29, 0.717) is 63.0 Å². The minimum absolute atomic E-state index is 0.250. The Balaban J connectivity index is 1.72. The van der Waals surface area contributed by atoms with Gasteiger partial charge >= 0.3 is 0 Å². The zero-order valence-corrected chi connectivity index (χ0v) is 19.6. The fourth-order valence-electron chi connectivity index (χ4n) is 4.12. The quantitative estimate of drug-likeness (QED) is 0.437. The molecule has 0 saturated carbocycles. The molecule has 1 aliphatic heterocycles. The van der Waals surface area contributed by atoms with Crippen LogP contribution in [-0.2, 0) is 16.0 Å². The summed E-state index contributed by atoms with van der Waals surface area (Å²) >= 11 is 0. The molecule has 0 bridgehead atoms. The van der Waals surface area contributed by atoms with E-state index in [-0.39, 0.29) is 12.5 Å². The molecular formula is C26H30FN3O4. The molecule has 2 aromatic carbocycles. The van der Waals surface area contributed by atoms with E-state index < -0.39 is 5.82 Å². The molecule has 0 N–H and O–H groups in total. The first-order valence-electron chi connectivity index (χ1n) is 11.5. The number of halogens is 1. The maximum absolute atomic E-state index is 13.9. The number of aryl methyl sites for hydroxylation is 1. The van der Waals surface area contributed by atoms with Crippen molar-refractivity contribution >= 4 is 11.8 Å². The zero-order valence-electron chi connectivity index (χ0n) is 19.6. The molecule has 1 saturated heterocycles. The van der Waals surface area contributed by atoms with E-state index in [1.165, 1.54) is 12.1 Å². The normalized spacial score (nSPS) is 13.8. The Morgan fingerprint density at radius 3 is 2.71 bits per heavy atom. The number of aromatic nitrogens is 1. The van der Waals surface area contributed by atoms with Crippen LogP contribution in [0.15, 0.2) is 53.1 Å². The lowest BCUT2D eigenvalue weighted by Gasteiger charge is -2.28. The van der Waals surface area contributed by atoms with Gasteiger partial charge in [0.1, 0.15) is 11.5 Å². The second-order valence-electron chi connectivity index (χ2n) is 8.37. The molecule has 0 unspecified atom stereocenters. The highest BCUT2D eigenvalue weighted by Gasteiger charge is 2.27. The maximum atomic E-state index is 13.9. The highest BCUT2D eigenvalue weighted by Crippen LogP contribution is 2.33. The van der Waals surface area contributed by atoms with Gasteiger partial charge in [-0.25, -0.2) is 4.39 Å². The number of morpholine rings is 1. The first-order chi connectivity index (χ1) is 16.6. The third kappa shape index (κ3) is 5.63. The van der Waals surface area contributed by atoms with Crippen LogP contribution in [0.2, 0.25) is 0 Å². The molecule has 7 nitrogen and oxygen atoms in total. The minimum atomic E-state index is -0.442. The number of benzene rings is 2. The summed E-state index contributed by atoms with van der Waals surface area (Å²) in [6.45, 7) is 5.81. The lowest BCUT2D eigenvalue weighted by molar-refractivity contribution is 0.0723. The Hall–Kier alpha value is -3.23. The summed E-state index contributed by atoms with van der Waals surface area (Å²) in [5.41, 5.74) is 3.86. The van der Waals surface area contributed by atoms with E-state index in [4.69, 9.17) is 14.0 Å². The molecule has 0 radical (unpaired) electrons. The summed E-state index contributed by atoms with van der Waals surface area (Å²) in [6.07, 6.45) is 0.648. The predicted octanol–water partition coefficient (Wildman–Crippen LogP) is 4.30. The molecule has 1 aliphatic rings. The van der Waals surface area contributed by atoms with Crippen molar-refractivity contribution in [3.63, 3.8) is 0 Å². The Bertz CT molecular complexity index is 1110. The van der Waals surface area contributed by atoms with Crippen LogP contribution < -0.4 is 4.90 Å². The van der Waals surface area contributed by atoms with E-state index in [9.17, 15) is 9.18 Å². The largest absolute Gasteiger partial charge is 0.385 e. The predicted molar refractivity (Wildman–Crippen MR) is 127 cm³/mol. The summed E-state index contributed by atoms with van der Waals surface area (Å²) in [5, 5.41) is 4.42. The number of hydrogen-bond donors (Lipinski definition) is 0. The van der Waals surface area contributed by atoms with E-state index in [1.54, 1.807) is 24.1 Å². The molecule has 0 atom stereocenters. The van der Waals surface area contributed by atoms with E-state index in [1.807, 2.05) is 31.2 Å². The Labute approximate surface area is 199 Å². The van der Waals surface area contributed by atoms with Gasteiger partial charge in [-0.15, -0.1) is 0 Å². The molecule has 1 amide bonds. The number of nitrogens with zero attached hydrogens (tertiary/aromatic N) is 3. The summed E-state index contributed by atoms with van der Waals surface area (Å²) in [7, 11) is 1.63. The van der Waals surface area contributed by atoms with Crippen molar-refractivity contribution in [3.05, 3.63) is 71.0 Å². The van der Waals surface area contributed by atoms with Crippen LogP contribution in [0, 0.1) is 12.7 Å². The lowest BCUT2D eigenvalue weighted by atomic mass is 10.0. The van der Waals surface area contributed by atoms with Gasteiger partial charge in [0.05, 0.1) is 25.3 Å². The Morgan fingerprint density at radius 2 is 1.97 bits per heavy atom. The summed E-state index contributed by atoms with van der Waals surface area (Å²) in [6, 6.07) is 13.8. The molecular weight excluding hydrogens is 437 g/mol. The average molecular weight is 468 g/mol. The first kappa shape index (κ1) is 23.9. The van der Waals surface area contributed by atoms with Crippen LogP contribution in [0.4, 0.5) is 10.3 Å². The third-order valence-electron chi connectivity index (χ3n) is 5.84. The summed E-state index contributed by atoms with van der Waals surface area (Å²) in [5.74, 6) is -0.0503. The van der Waals surface area contributed by atoms with Gasteiger partial charge in [0.2, 0.25) is 5.88 Å². The zero-order chi connectivity index (χ0) is 23.9. The van der Waals surface area contributed by atoms with Gasteiger partial charge in [-0.2, -0.15) is 0 Å². The fraction of sp³-hybridized carbons (Fsp3) is 0.385. The number of rotatable bonds is 9. The number of hydrogen-bond acceptors (Lipinski definition) is 6. The van der Waals surface area contributed by atoms with E-state index >= 15 is 0 Å². The number of methoxy groups -OCH3 is 1. The van der Waals surface area contributed by atoms with Gasteiger partial charge in [-0.3, -0.25) is 4.79 Å². The Kier molecular flexibility index (Phi) is 7.92. The average Bonchev–Trinajstić information content (AvgIpc) is 3.27. The molecule has 3 aromatic rings. The van der Waals surface area contributed by atoms with Gasteiger partial charge in [0.15, 0.2) is 0 Å². The van der Waals surface area contributed by atoms with E-state index in [0.717, 1.165) is 16.7 Å². The van der Waals surface area contributed by atoms with Crippen LogP contribution in [-0.4, -0.2) is 62.5 Å². The monoisotopic (exact) mass is 467 g/mol. The second-order valence-corrected chi connectivity index (χ2v) is 8.37. The smallest absolute Gasteiger partial charge is 0.254 e. The van der Waals surface area contributed by atoms with Crippen molar-refractivity contribution in [2.24, 2.45) is 0 Å². The standard InChI is InChI=1S/C26H30FN3O4/c1-19-6-3-7-20(16-19)24-23(26(34-28-24)29-11-14-33-15-12-29)18-30(10-5-13-32-2)25(31)21-8-4-9-22(27)17-21/h3-4,6-9,16-17H,5,10-15,18H2,1-2H3. The van der Waals surface area contributed by atoms with Gasteiger partial charge in [-0.05, 0) is 37.6 Å². The van der Waals surface area contributed by atoms with Crippen molar-refractivity contribution in [2.45, 2.75) is 19.9 Å². The van der Waals surface area contributed by atoms with Crippen molar-refractivity contribution in [2.75, 3.05) is 51.5 Å². The number of carbonyl (C=O) groups excluding carboxylic acids is 1. The van der Waals surface area contributed by atoms with Gasteiger partial charge < -0.3 is 23.8 Å². The molecule has 0 aliphatic carbocycles. The van der Waals surface area contributed by atoms with Crippen LogP contribution in [0.25, 0.3) is 11.3 Å². The summed E-state index contributed by atoms with van der Waals surface area (Å²) in [4.78, 5) is 17.3. The first-order valence-corrected chi connectivity index (χ1v) is 11.5. The Morgan fingerprint density at radius 1 is 1.18 bits per heavy atom. The van der Waals surface area contributed by atoms with Crippen molar-refractivity contribution < 1.29 is 23.2 Å². The minimum Gasteiger partial charge on any atom is -0.385 e. The molecule has 1 fully saturated rings. The van der Waals surface area contributed by atoms with E-state index in [2.05, 4.69) is 10.1 Å². The van der Waals surface area contributed by atoms with Gasteiger partial charge in [-0.1, -0.05) is 35.0 Å². The SMILES string of the molecule is COCCCN(Cc1c(-c2cccc(C)c2)noc1N1CCOCC1)C(=O)c1cccc(F)c1. The third-order valence-corrected chi connectivity index (χ3v) is 5.84. The fourth-order valence-corrected chi connectivity index (χ4v) is 4.12. The van der Waals surface area contributed by atoms with Crippen molar-refractivity contribution in [1.29, 1.82) is 0 Å². The highest BCUT2D eigenvalue weighted by atomic mass is 19.1. The number of ether oxygens (including phenoxy) is 2. The van der Waals surface area contributed by atoms with Crippen molar-refractivity contribution in [1.82, 2.24) is 10.1 Å². The lowest BCUT2D eigenvalue weighted by Crippen LogP contribution is -2.37. The summed E-state index contributed by atoms with van der Waals surface area (Å²) < 4.78 is 30.4. The second kappa shape index (κ2) is 11.3. The molecule has 4 rings (SSSR count). The number of anilines is 1. The van der Waals surface area contributed by atoms with Crippen LogP contribution in [0.5, 0.6) is 0 Å². The number of carbonyl (C=O) groups is 1. The topological polar surface area (TPSA) is 68.0 Å². The van der Waals surface area contributed by atoms with Crippen LogP contribution >= 0.6 is 0 Å². The van der Waals surface area contributed by atoms with Gasteiger partial charge in [0.25, 0.3) is 5.91 Å². The van der Waals surface area contributed by atoms with Crippen LogP contribution in [0.3, 0.4) is 0 Å². The molecule has 180 valence electrons. The molecule has 34 heavy (non-hydrogen) atoms. The number of amides is 1. The van der Waals surface area contributed by atoms with Crippen molar-refractivity contribution in [3.8, 4) is 11.3 Å². The molecule has 8 heteroatoms. The molecule has 1 aromatic heterocycles. The molecule has 0 spiro atoms. The van der Waals surface area contributed by atoms with Gasteiger partial charge in [0, 0.05) is 44.5 Å². The molecule has 2 heterocycles. The maximum Gasteiger partial charge on any atom is 0.254 e. The van der Waals surface area contributed by atoms with Crippen LogP contribution in [0.1, 0.15) is 27.9 Å². The highest BCUT2D eigenvalue weighted by molar-refractivity contribution is 5.94.